The second-order valence-electron chi connectivity index (χ2n) is 8.13. The molecule has 0 aliphatic carbocycles. The van der Waals surface area contributed by atoms with Crippen molar-refractivity contribution in [1.29, 1.82) is 0 Å². The topological polar surface area (TPSA) is 94.1 Å². The number of nitrogens with one attached hydrogen (secondary N) is 1. The van der Waals surface area contributed by atoms with E-state index in [4.69, 9.17) is 14.2 Å². The van der Waals surface area contributed by atoms with Gasteiger partial charge in [-0.25, -0.2) is 9.59 Å². The van der Waals surface area contributed by atoms with Gasteiger partial charge in [0.25, 0.3) is 0 Å². The van der Waals surface area contributed by atoms with Crippen LogP contribution >= 0.6 is 0 Å². The highest BCUT2D eigenvalue weighted by atomic mass is 16.6. The molecule has 1 saturated heterocycles. The van der Waals surface area contributed by atoms with E-state index in [1.165, 1.54) is 0 Å². The van der Waals surface area contributed by atoms with Crippen LogP contribution in [0.4, 0.5) is 4.79 Å². The number of ether oxygens (including phenoxy) is 3. The number of carbonyl (C=O) groups is 2. The average molecular weight is 393 g/mol. The molecule has 0 bridgehead atoms. The Morgan fingerprint density at radius 3 is 2.57 bits per heavy atom. The van der Waals surface area contributed by atoms with E-state index in [-0.39, 0.29) is 6.10 Å². The zero-order valence-corrected chi connectivity index (χ0v) is 17.0. The Hall–Kier alpha value is -2.12. The fourth-order valence-electron chi connectivity index (χ4n) is 3.07. The summed E-state index contributed by atoms with van der Waals surface area (Å²) in [5.74, 6) is -0.484. The van der Waals surface area contributed by atoms with Crippen LogP contribution in [0.5, 0.6) is 0 Å². The van der Waals surface area contributed by atoms with Crippen LogP contribution in [-0.4, -0.2) is 41.0 Å². The summed E-state index contributed by atoms with van der Waals surface area (Å²) in [6, 6.07) is 8.36. The number of benzene rings is 1. The molecule has 1 aromatic rings. The van der Waals surface area contributed by atoms with Gasteiger partial charge in [-0.05, 0) is 47.0 Å². The molecule has 1 fully saturated rings. The second kappa shape index (κ2) is 9.89. The summed E-state index contributed by atoms with van der Waals surface area (Å²) in [4.78, 5) is 24.4. The first-order chi connectivity index (χ1) is 13.1. The van der Waals surface area contributed by atoms with E-state index < -0.39 is 36.1 Å². The third-order valence-corrected chi connectivity index (χ3v) is 4.31. The fraction of sp³-hybridized carbons (Fsp3) is 0.619. The number of carbonyl (C=O) groups excluding carboxylic acids is 2. The molecule has 2 N–H and O–H groups in total. The molecule has 0 spiro atoms. The number of amides is 1. The summed E-state index contributed by atoms with van der Waals surface area (Å²) in [5.41, 5.74) is 0.0308. The minimum absolute atomic E-state index is 0.265. The lowest BCUT2D eigenvalue weighted by Crippen LogP contribution is -2.44. The minimum atomic E-state index is -1.04. The summed E-state index contributed by atoms with van der Waals surface area (Å²) in [5, 5.41) is 12.9. The maximum atomic E-state index is 12.4. The standard InChI is InChI=1S/C21H31NO6/c1-14-13-16(27-18(23)15-9-6-5-7-10-15)11-8-12-17(19(24)26-14)22-20(25)28-21(2,3)4/h5-7,9-10,14,16-18,23H,8,11-13H2,1-4H3,(H,22,25)/t14?,16?,17-,18?/m0/s1. The highest BCUT2D eigenvalue weighted by molar-refractivity contribution is 5.81. The van der Waals surface area contributed by atoms with E-state index in [2.05, 4.69) is 5.32 Å². The van der Waals surface area contributed by atoms with Gasteiger partial charge < -0.3 is 24.6 Å². The number of alkyl carbamates (subject to hydrolysis) is 1. The molecule has 0 saturated carbocycles. The molecule has 1 heterocycles. The lowest BCUT2D eigenvalue weighted by Gasteiger charge is -2.24. The molecule has 0 aromatic heterocycles. The number of esters is 1. The van der Waals surface area contributed by atoms with Gasteiger partial charge in [-0.2, -0.15) is 0 Å². The Morgan fingerprint density at radius 1 is 1.25 bits per heavy atom. The SMILES string of the molecule is CC1CC(OC(O)c2ccccc2)CCC[C@H](NC(=O)OC(C)(C)C)C(=O)O1. The van der Waals surface area contributed by atoms with Crippen LogP contribution in [0.15, 0.2) is 30.3 Å². The van der Waals surface area contributed by atoms with Crippen molar-refractivity contribution in [3.8, 4) is 0 Å². The first-order valence-corrected chi connectivity index (χ1v) is 9.72. The number of cyclic esters (lactones) is 1. The number of aliphatic hydroxyl groups is 1. The maximum absolute atomic E-state index is 12.4. The summed E-state index contributed by atoms with van der Waals surface area (Å²) in [7, 11) is 0. The predicted molar refractivity (Wildman–Crippen MR) is 103 cm³/mol. The van der Waals surface area contributed by atoms with Crippen molar-refractivity contribution in [2.45, 2.75) is 83.5 Å². The van der Waals surface area contributed by atoms with E-state index in [9.17, 15) is 14.7 Å². The van der Waals surface area contributed by atoms with Crippen LogP contribution in [0.25, 0.3) is 0 Å². The van der Waals surface area contributed by atoms with Gasteiger partial charge >= 0.3 is 12.1 Å². The third-order valence-electron chi connectivity index (χ3n) is 4.31. The van der Waals surface area contributed by atoms with Crippen molar-refractivity contribution in [3.05, 3.63) is 35.9 Å². The molecular weight excluding hydrogens is 362 g/mol. The maximum Gasteiger partial charge on any atom is 0.408 e. The Balaban J connectivity index is 1.95. The summed E-state index contributed by atoms with van der Waals surface area (Å²) in [6.07, 6.45) is -0.203. The number of hydrogen-bond acceptors (Lipinski definition) is 6. The van der Waals surface area contributed by atoms with Crippen molar-refractivity contribution < 1.29 is 28.9 Å². The van der Waals surface area contributed by atoms with Crippen molar-refractivity contribution in [2.24, 2.45) is 0 Å². The lowest BCUT2D eigenvalue weighted by molar-refractivity contribution is -0.160. The Labute approximate surface area is 166 Å². The lowest BCUT2D eigenvalue weighted by atomic mass is 10.0. The molecule has 3 unspecified atom stereocenters. The molecule has 2 rings (SSSR count). The smallest absolute Gasteiger partial charge is 0.408 e. The van der Waals surface area contributed by atoms with Crippen molar-refractivity contribution in [3.63, 3.8) is 0 Å². The number of aliphatic hydroxyl groups excluding tert-OH is 1. The molecule has 156 valence electrons. The van der Waals surface area contributed by atoms with Crippen LogP contribution < -0.4 is 5.32 Å². The molecule has 1 aliphatic heterocycles. The van der Waals surface area contributed by atoms with Crippen molar-refractivity contribution >= 4 is 12.1 Å². The quantitative estimate of drug-likeness (QED) is 0.601. The monoisotopic (exact) mass is 393 g/mol. The highest BCUT2D eigenvalue weighted by Crippen LogP contribution is 2.24. The predicted octanol–water partition coefficient (Wildman–Crippen LogP) is 3.46. The average Bonchev–Trinajstić information content (AvgIpc) is 2.64. The molecular formula is C21H31NO6. The molecule has 7 heteroatoms. The summed E-state index contributed by atoms with van der Waals surface area (Å²) >= 11 is 0. The molecule has 0 radical (unpaired) electrons. The van der Waals surface area contributed by atoms with Crippen LogP contribution in [0.2, 0.25) is 0 Å². The van der Waals surface area contributed by atoms with Crippen molar-refractivity contribution in [1.82, 2.24) is 5.32 Å². The Morgan fingerprint density at radius 2 is 1.93 bits per heavy atom. The highest BCUT2D eigenvalue weighted by Gasteiger charge is 2.30. The van der Waals surface area contributed by atoms with E-state index in [0.29, 0.717) is 31.2 Å². The molecule has 7 nitrogen and oxygen atoms in total. The Kier molecular flexibility index (Phi) is 7.83. The normalized spacial score (nSPS) is 24.9. The zero-order valence-electron chi connectivity index (χ0n) is 17.0. The molecule has 28 heavy (non-hydrogen) atoms. The van der Waals surface area contributed by atoms with Gasteiger partial charge in [0.2, 0.25) is 0 Å². The second-order valence-corrected chi connectivity index (χ2v) is 8.13. The largest absolute Gasteiger partial charge is 0.461 e. The van der Waals surface area contributed by atoms with Crippen LogP contribution in [-0.2, 0) is 19.0 Å². The van der Waals surface area contributed by atoms with Gasteiger partial charge in [0.05, 0.1) is 6.10 Å². The van der Waals surface area contributed by atoms with E-state index in [1.807, 2.05) is 18.2 Å². The number of rotatable bonds is 4. The van der Waals surface area contributed by atoms with Crippen LogP contribution in [0, 0.1) is 0 Å². The van der Waals surface area contributed by atoms with Crippen LogP contribution in [0.1, 0.15) is 65.2 Å². The van der Waals surface area contributed by atoms with E-state index in [0.717, 1.165) is 0 Å². The third kappa shape index (κ3) is 7.48. The van der Waals surface area contributed by atoms with Crippen LogP contribution in [0.3, 0.4) is 0 Å². The van der Waals surface area contributed by atoms with Gasteiger partial charge in [-0.15, -0.1) is 0 Å². The van der Waals surface area contributed by atoms with Crippen molar-refractivity contribution in [2.75, 3.05) is 0 Å². The van der Waals surface area contributed by atoms with Gasteiger partial charge in [0, 0.05) is 12.0 Å². The molecule has 1 amide bonds. The summed E-state index contributed by atoms with van der Waals surface area (Å²) in [6.45, 7) is 7.06. The fourth-order valence-corrected chi connectivity index (χ4v) is 3.07. The number of hydrogen-bond donors (Lipinski definition) is 2. The van der Waals surface area contributed by atoms with Gasteiger partial charge in [0.15, 0.2) is 6.29 Å². The Bertz CT molecular complexity index is 642. The van der Waals surface area contributed by atoms with Gasteiger partial charge in [-0.3, -0.25) is 0 Å². The van der Waals surface area contributed by atoms with Gasteiger partial charge in [-0.1, -0.05) is 30.3 Å². The van der Waals surface area contributed by atoms with E-state index in [1.54, 1.807) is 39.8 Å². The first-order valence-electron chi connectivity index (χ1n) is 9.72. The molecule has 1 aliphatic rings. The summed E-state index contributed by atoms with van der Waals surface area (Å²) < 4.78 is 16.5. The molecule has 1 aromatic carbocycles. The zero-order chi connectivity index (χ0) is 20.7. The minimum Gasteiger partial charge on any atom is -0.461 e. The molecule has 4 atom stereocenters. The first kappa shape index (κ1) is 22.2. The van der Waals surface area contributed by atoms with E-state index >= 15 is 0 Å². The van der Waals surface area contributed by atoms with Gasteiger partial charge in [0.1, 0.15) is 17.7 Å².